The van der Waals surface area contributed by atoms with E-state index in [2.05, 4.69) is 4.98 Å². The summed E-state index contributed by atoms with van der Waals surface area (Å²) in [5.41, 5.74) is 3.39. The number of pyridine rings is 1. The van der Waals surface area contributed by atoms with Crippen LogP contribution in [0.4, 0.5) is 5.82 Å². The molecule has 0 atom stereocenters. The number of benzene rings is 1. The second kappa shape index (κ2) is 7.63. The fourth-order valence-electron chi connectivity index (χ4n) is 3.45. The molecule has 1 fully saturated rings. The summed E-state index contributed by atoms with van der Waals surface area (Å²) in [5, 5.41) is 19.0. The lowest BCUT2D eigenvalue weighted by atomic mass is 9.95. The molecule has 0 aliphatic heterocycles. The monoisotopic (exact) mass is 388 g/mol. The van der Waals surface area contributed by atoms with Gasteiger partial charge in [-0.2, -0.15) is 0 Å². The zero-order valence-electron chi connectivity index (χ0n) is 15.2. The first-order chi connectivity index (χ1) is 13.3. The number of carboxylic acids is 2. The molecular weight excluding hydrogens is 368 g/mol. The van der Waals surface area contributed by atoms with Crippen molar-refractivity contribution < 1.29 is 29.3 Å². The second-order valence-corrected chi connectivity index (χ2v) is 6.49. The summed E-state index contributed by atoms with van der Waals surface area (Å²) in [5.74, 6) is -2.68. The van der Waals surface area contributed by atoms with Crippen molar-refractivity contribution in [2.24, 2.45) is 0 Å². The number of carbonyl (C=O) groups is 2. The van der Waals surface area contributed by atoms with Crippen molar-refractivity contribution in [3.8, 4) is 22.6 Å². The minimum atomic E-state index is -1.56. The average Bonchev–Trinajstić information content (AvgIpc) is 3.13. The maximum absolute atomic E-state index is 12.2. The molecule has 9 heteroatoms. The molecule has 0 unspecified atom stereocenters. The topological polar surface area (TPSA) is 152 Å². The van der Waals surface area contributed by atoms with Gasteiger partial charge in [-0.25, -0.2) is 9.59 Å². The number of H-pyrrole nitrogens is 1. The van der Waals surface area contributed by atoms with Gasteiger partial charge in [0.15, 0.2) is 11.5 Å². The van der Waals surface area contributed by atoms with Crippen LogP contribution in [-0.2, 0) is 0 Å². The summed E-state index contributed by atoms with van der Waals surface area (Å²) in [4.78, 5) is 37.7. The molecule has 28 heavy (non-hydrogen) atoms. The van der Waals surface area contributed by atoms with Gasteiger partial charge in [-0.05, 0) is 43.4 Å². The molecule has 5 N–H and O–H groups in total. The van der Waals surface area contributed by atoms with Crippen LogP contribution in [0.2, 0.25) is 0 Å². The van der Waals surface area contributed by atoms with Gasteiger partial charge in [0.05, 0.1) is 13.2 Å². The molecule has 1 aliphatic rings. The van der Waals surface area contributed by atoms with Crippen LogP contribution in [0.1, 0.15) is 46.4 Å². The summed E-state index contributed by atoms with van der Waals surface area (Å²) in [6, 6.07) is 4.48. The fourth-order valence-corrected chi connectivity index (χ4v) is 3.45. The SMILES string of the molecule is COc1ccc(-c2c(C(=O)O)c(N)[nH]c(=O)c2C(=O)O)cc1OC1CCCC1. The number of carboxylic acid groups (broad SMARTS) is 2. The van der Waals surface area contributed by atoms with Crippen LogP contribution in [0.3, 0.4) is 0 Å². The Kier molecular flexibility index (Phi) is 5.25. The van der Waals surface area contributed by atoms with E-state index in [9.17, 15) is 24.6 Å². The number of methoxy groups -OCH3 is 1. The molecule has 148 valence electrons. The Morgan fingerprint density at radius 3 is 2.32 bits per heavy atom. The van der Waals surface area contributed by atoms with Crippen molar-refractivity contribution >= 4 is 17.8 Å². The predicted octanol–water partition coefficient (Wildman–Crippen LogP) is 2.35. The number of rotatable bonds is 6. The normalized spacial score (nSPS) is 14.0. The Balaban J connectivity index is 2.23. The highest BCUT2D eigenvalue weighted by Crippen LogP contribution is 2.37. The Morgan fingerprint density at radius 1 is 1.11 bits per heavy atom. The standard InChI is InChI=1S/C19H20N2O7/c1-27-11-7-6-9(8-12(11)28-10-4-2-3-5-10)13-14(18(23)24)16(20)21-17(22)15(13)19(25)26/h6-8,10H,2-5H2,1H3,(H,23,24)(H,25,26)(H3,20,21,22). The van der Waals surface area contributed by atoms with Gasteiger partial charge >= 0.3 is 11.9 Å². The number of aromatic amines is 1. The molecule has 0 saturated heterocycles. The van der Waals surface area contributed by atoms with E-state index in [0.29, 0.717) is 11.5 Å². The molecule has 3 rings (SSSR count). The van der Waals surface area contributed by atoms with E-state index < -0.39 is 34.4 Å². The average molecular weight is 388 g/mol. The van der Waals surface area contributed by atoms with E-state index in [1.807, 2.05) is 0 Å². The van der Waals surface area contributed by atoms with Crippen LogP contribution >= 0.6 is 0 Å². The van der Waals surface area contributed by atoms with Gasteiger partial charge in [-0.1, -0.05) is 6.07 Å². The Labute approximate surface area is 159 Å². The number of nitrogen functional groups attached to an aromatic ring is 1. The number of nitrogens with one attached hydrogen (secondary N) is 1. The Hall–Kier alpha value is -3.49. The molecule has 0 bridgehead atoms. The molecule has 1 aromatic carbocycles. The zero-order chi connectivity index (χ0) is 20.4. The lowest BCUT2D eigenvalue weighted by molar-refractivity contribution is 0.0695. The molecular formula is C19H20N2O7. The number of hydrogen-bond donors (Lipinski definition) is 4. The number of aromatic nitrogens is 1. The maximum atomic E-state index is 12.2. The number of aromatic carboxylic acids is 2. The molecule has 2 aromatic rings. The van der Waals surface area contributed by atoms with Crippen molar-refractivity contribution in [3.05, 3.63) is 39.7 Å². The summed E-state index contributed by atoms with van der Waals surface area (Å²) in [7, 11) is 1.47. The van der Waals surface area contributed by atoms with Gasteiger partial charge in [0.1, 0.15) is 16.9 Å². The van der Waals surface area contributed by atoms with Crippen molar-refractivity contribution in [3.63, 3.8) is 0 Å². The van der Waals surface area contributed by atoms with Crippen molar-refractivity contribution in [2.45, 2.75) is 31.8 Å². The zero-order valence-corrected chi connectivity index (χ0v) is 15.2. The first-order valence-corrected chi connectivity index (χ1v) is 8.70. The smallest absolute Gasteiger partial charge is 0.342 e. The predicted molar refractivity (Wildman–Crippen MR) is 100 cm³/mol. The van der Waals surface area contributed by atoms with Crippen LogP contribution < -0.4 is 20.8 Å². The molecule has 1 saturated carbocycles. The molecule has 1 aliphatic carbocycles. The minimum absolute atomic E-state index is 0.00807. The molecule has 0 amide bonds. The third kappa shape index (κ3) is 3.51. The molecule has 0 spiro atoms. The number of hydrogen-bond acceptors (Lipinski definition) is 6. The molecule has 9 nitrogen and oxygen atoms in total. The minimum Gasteiger partial charge on any atom is -0.493 e. The summed E-state index contributed by atoms with van der Waals surface area (Å²) in [6.07, 6.45) is 3.84. The maximum Gasteiger partial charge on any atom is 0.342 e. The highest BCUT2D eigenvalue weighted by Gasteiger charge is 2.27. The summed E-state index contributed by atoms with van der Waals surface area (Å²) >= 11 is 0. The van der Waals surface area contributed by atoms with E-state index in [0.717, 1.165) is 25.7 Å². The van der Waals surface area contributed by atoms with Gasteiger partial charge in [0.25, 0.3) is 5.56 Å². The third-order valence-electron chi connectivity index (χ3n) is 4.72. The molecule has 1 aromatic heterocycles. The lowest BCUT2D eigenvalue weighted by Crippen LogP contribution is -2.24. The summed E-state index contributed by atoms with van der Waals surface area (Å²) in [6.45, 7) is 0. The lowest BCUT2D eigenvalue weighted by Gasteiger charge is -2.18. The Bertz CT molecular complexity index is 991. The van der Waals surface area contributed by atoms with Crippen LogP contribution in [0, 0.1) is 0 Å². The van der Waals surface area contributed by atoms with Gasteiger partial charge in [0, 0.05) is 5.56 Å². The summed E-state index contributed by atoms with van der Waals surface area (Å²) < 4.78 is 11.3. The highest BCUT2D eigenvalue weighted by atomic mass is 16.5. The van der Waals surface area contributed by atoms with Crippen molar-refractivity contribution in [1.29, 1.82) is 0 Å². The second-order valence-electron chi connectivity index (χ2n) is 6.49. The van der Waals surface area contributed by atoms with Crippen LogP contribution in [0.15, 0.2) is 23.0 Å². The largest absolute Gasteiger partial charge is 0.493 e. The van der Waals surface area contributed by atoms with Crippen molar-refractivity contribution in [1.82, 2.24) is 4.98 Å². The van der Waals surface area contributed by atoms with E-state index in [1.165, 1.54) is 25.3 Å². The molecule has 0 radical (unpaired) electrons. The number of ether oxygens (including phenoxy) is 2. The van der Waals surface area contributed by atoms with Crippen molar-refractivity contribution in [2.75, 3.05) is 12.8 Å². The first kappa shape index (κ1) is 19.3. The van der Waals surface area contributed by atoms with Gasteiger partial charge in [0.2, 0.25) is 0 Å². The fraction of sp³-hybridized carbons (Fsp3) is 0.316. The van der Waals surface area contributed by atoms with E-state index in [1.54, 1.807) is 0 Å². The van der Waals surface area contributed by atoms with Gasteiger partial charge in [-0.3, -0.25) is 4.79 Å². The third-order valence-corrected chi connectivity index (χ3v) is 4.72. The van der Waals surface area contributed by atoms with Crippen LogP contribution in [-0.4, -0.2) is 40.3 Å². The van der Waals surface area contributed by atoms with Crippen LogP contribution in [0.5, 0.6) is 11.5 Å². The first-order valence-electron chi connectivity index (χ1n) is 8.70. The molecule has 1 heterocycles. The Morgan fingerprint density at radius 2 is 1.75 bits per heavy atom. The number of nitrogens with two attached hydrogens (primary N) is 1. The van der Waals surface area contributed by atoms with Gasteiger partial charge in [-0.15, -0.1) is 0 Å². The van der Waals surface area contributed by atoms with E-state index in [-0.39, 0.29) is 17.2 Å². The van der Waals surface area contributed by atoms with Gasteiger partial charge < -0.3 is 30.4 Å². The highest BCUT2D eigenvalue weighted by molar-refractivity contribution is 6.07. The van der Waals surface area contributed by atoms with Crippen LogP contribution in [0.25, 0.3) is 11.1 Å². The quantitative estimate of drug-likeness (QED) is 0.588. The van der Waals surface area contributed by atoms with E-state index >= 15 is 0 Å². The number of anilines is 1. The van der Waals surface area contributed by atoms with E-state index in [4.69, 9.17) is 15.2 Å².